The van der Waals surface area contributed by atoms with E-state index in [9.17, 15) is 0 Å². The maximum atomic E-state index is 8.00. The topological polar surface area (TPSA) is 35.5 Å². The predicted octanol–water partition coefficient (Wildman–Crippen LogP) is -0.624. The second-order valence-corrected chi connectivity index (χ2v) is 2.17. The Morgan fingerprint density at radius 1 is 1.33 bits per heavy atom. The van der Waals surface area contributed by atoms with Crippen LogP contribution in [-0.2, 0) is 0 Å². The number of likely N-dealkylation sites (N-methyl/N-ethyl adjacent to an activating group) is 1. The molecule has 0 amide bonds. The summed E-state index contributed by atoms with van der Waals surface area (Å²) in [5, 5.41) is 10.8. The summed E-state index contributed by atoms with van der Waals surface area (Å²) in [6.07, 6.45) is 0. The van der Waals surface area contributed by atoms with Gasteiger partial charge in [-0.05, 0) is 28.2 Å². The van der Waals surface area contributed by atoms with Gasteiger partial charge in [0.25, 0.3) is 0 Å². The lowest BCUT2D eigenvalue weighted by molar-refractivity contribution is 0.296. The lowest BCUT2D eigenvalue weighted by atomic mass is 10.7. The minimum atomic E-state index is 0.233. The smallest absolute Gasteiger partial charge is 0.0555 e. The summed E-state index contributed by atoms with van der Waals surface area (Å²) in [6.45, 7) is 0.927. The predicted molar refractivity (Wildman–Crippen MR) is 40.6 cm³/mol. The fourth-order valence-corrected chi connectivity index (χ4v) is 0.112. The van der Waals surface area contributed by atoms with Gasteiger partial charge in [-0.3, -0.25) is 0 Å². The van der Waals surface area contributed by atoms with Crippen LogP contribution in [0.15, 0.2) is 0 Å². The molecule has 0 saturated carbocycles. The van der Waals surface area contributed by atoms with Crippen molar-refractivity contribution in [3.63, 3.8) is 0 Å². The lowest BCUT2D eigenvalue weighted by Gasteiger charge is -1.90. The van der Waals surface area contributed by atoms with Gasteiger partial charge in [0, 0.05) is 6.54 Å². The number of aliphatic hydroxyl groups excluding tert-OH is 1. The highest BCUT2D eigenvalue weighted by Gasteiger charge is 1.65. The van der Waals surface area contributed by atoms with E-state index in [0.717, 1.165) is 0 Å². The first-order chi connectivity index (χ1) is 4.15. The van der Waals surface area contributed by atoms with Crippen molar-refractivity contribution in [3.05, 3.63) is 0 Å². The third kappa shape index (κ3) is 77.1. The molecule has 0 saturated heterocycles. The van der Waals surface area contributed by atoms with Crippen molar-refractivity contribution in [1.29, 1.82) is 0 Å². The molecule has 0 heterocycles. The Hall–Kier alpha value is -0.120. The molecule has 0 aliphatic rings. The van der Waals surface area contributed by atoms with Crippen LogP contribution in [0.1, 0.15) is 0 Å². The van der Waals surface area contributed by atoms with Crippen LogP contribution in [0.3, 0.4) is 0 Å². The van der Waals surface area contributed by atoms with Crippen molar-refractivity contribution in [2.45, 2.75) is 0 Å². The quantitative estimate of drug-likeness (QED) is 0.528. The second-order valence-electron chi connectivity index (χ2n) is 2.17. The first-order valence-corrected chi connectivity index (χ1v) is 3.01. The molecule has 0 radical (unpaired) electrons. The molecule has 0 spiro atoms. The fourth-order valence-electron chi connectivity index (χ4n) is 0.112. The monoisotopic (exact) mass is 134 g/mol. The Balaban J connectivity index is 0. The number of rotatable bonds is 2. The molecular weight excluding hydrogens is 116 g/mol. The van der Waals surface area contributed by atoms with Gasteiger partial charge in [0.1, 0.15) is 0 Å². The van der Waals surface area contributed by atoms with E-state index in [4.69, 9.17) is 5.11 Å². The highest BCUT2D eigenvalue weighted by atomic mass is 16.3. The number of nitrogens with zero attached hydrogens (tertiary/aromatic N) is 1. The summed E-state index contributed by atoms with van der Waals surface area (Å²) in [5.74, 6) is 0. The summed E-state index contributed by atoms with van der Waals surface area (Å²) >= 11 is 0. The minimum Gasteiger partial charge on any atom is -0.395 e. The van der Waals surface area contributed by atoms with Crippen LogP contribution in [0.4, 0.5) is 0 Å². The van der Waals surface area contributed by atoms with Gasteiger partial charge in [0.2, 0.25) is 0 Å². The molecule has 0 unspecified atom stereocenters. The molecule has 2 N–H and O–H groups in total. The largest absolute Gasteiger partial charge is 0.395 e. The molecule has 0 aliphatic heterocycles. The van der Waals surface area contributed by atoms with Crippen LogP contribution in [-0.4, -0.2) is 51.3 Å². The van der Waals surface area contributed by atoms with E-state index in [-0.39, 0.29) is 6.61 Å². The average Bonchev–Trinajstić information content (AvgIpc) is 1.66. The molecule has 3 nitrogen and oxygen atoms in total. The standard InChI is InChI=1S/C3H9NO.C3H9N/c1-4-2-3-5;1-4(2)3/h4-5H,2-3H2,1H3;1-3H3. The zero-order valence-electron chi connectivity index (χ0n) is 6.81. The van der Waals surface area contributed by atoms with Gasteiger partial charge in [-0.25, -0.2) is 0 Å². The van der Waals surface area contributed by atoms with Crippen LogP contribution in [0.2, 0.25) is 0 Å². The third-order valence-electron chi connectivity index (χ3n) is 0.362. The summed E-state index contributed by atoms with van der Waals surface area (Å²) in [7, 11) is 7.80. The molecule has 0 fully saturated rings. The lowest BCUT2D eigenvalue weighted by Crippen LogP contribution is -2.10. The Morgan fingerprint density at radius 2 is 1.67 bits per heavy atom. The Morgan fingerprint density at radius 3 is 1.67 bits per heavy atom. The van der Waals surface area contributed by atoms with Crippen molar-refractivity contribution < 1.29 is 5.11 Å². The molecule has 0 aromatic rings. The molecule has 9 heavy (non-hydrogen) atoms. The molecule has 0 rings (SSSR count). The van der Waals surface area contributed by atoms with Crippen LogP contribution in [0, 0.1) is 0 Å². The Kier molecular flexibility index (Phi) is 14.0. The van der Waals surface area contributed by atoms with Crippen LogP contribution in [0.5, 0.6) is 0 Å². The van der Waals surface area contributed by atoms with Gasteiger partial charge in [-0.1, -0.05) is 0 Å². The van der Waals surface area contributed by atoms with Crippen LogP contribution in [0.25, 0.3) is 0 Å². The van der Waals surface area contributed by atoms with Crippen molar-refractivity contribution in [1.82, 2.24) is 10.2 Å². The van der Waals surface area contributed by atoms with Gasteiger partial charge >= 0.3 is 0 Å². The Bertz CT molecular complexity index is 35.3. The fraction of sp³-hybridized carbons (Fsp3) is 1.00. The zero-order valence-corrected chi connectivity index (χ0v) is 6.81. The molecule has 3 heteroatoms. The molecule has 0 bridgehead atoms. The third-order valence-corrected chi connectivity index (χ3v) is 0.362. The van der Waals surface area contributed by atoms with E-state index < -0.39 is 0 Å². The maximum absolute atomic E-state index is 8.00. The summed E-state index contributed by atoms with van der Waals surface area (Å²) < 4.78 is 0. The number of nitrogens with one attached hydrogen (secondary N) is 1. The van der Waals surface area contributed by atoms with E-state index in [0.29, 0.717) is 6.54 Å². The van der Waals surface area contributed by atoms with E-state index in [1.807, 2.05) is 26.0 Å². The normalized spacial score (nSPS) is 8.67. The number of hydrogen-bond donors (Lipinski definition) is 2. The van der Waals surface area contributed by atoms with Crippen molar-refractivity contribution in [3.8, 4) is 0 Å². The summed E-state index contributed by atoms with van der Waals surface area (Å²) in [6, 6.07) is 0. The molecule has 0 atom stereocenters. The second kappa shape index (κ2) is 10.8. The zero-order chi connectivity index (χ0) is 7.70. The summed E-state index contributed by atoms with van der Waals surface area (Å²) in [5.41, 5.74) is 0. The molecule has 0 aromatic carbocycles. The number of hydrogen-bond acceptors (Lipinski definition) is 3. The highest BCUT2D eigenvalue weighted by molar-refractivity contribution is 4.27. The van der Waals surface area contributed by atoms with Crippen molar-refractivity contribution in [2.75, 3.05) is 41.3 Å². The maximum Gasteiger partial charge on any atom is 0.0555 e. The van der Waals surface area contributed by atoms with E-state index in [2.05, 4.69) is 5.32 Å². The first kappa shape index (κ1) is 11.6. The molecule has 0 aliphatic carbocycles. The molecule has 0 aromatic heterocycles. The minimum absolute atomic E-state index is 0.233. The van der Waals surface area contributed by atoms with Gasteiger partial charge in [0.15, 0.2) is 0 Å². The van der Waals surface area contributed by atoms with Gasteiger partial charge in [-0.2, -0.15) is 0 Å². The molecular formula is C6H18N2O. The SMILES string of the molecule is CN(C)C.CNCCO. The Labute approximate surface area is 57.7 Å². The highest BCUT2D eigenvalue weighted by Crippen LogP contribution is 1.47. The van der Waals surface area contributed by atoms with Gasteiger partial charge < -0.3 is 15.3 Å². The van der Waals surface area contributed by atoms with E-state index in [1.54, 1.807) is 7.05 Å². The summed E-state index contributed by atoms with van der Waals surface area (Å²) in [4.78, 5) is 2.00. The van der Waals surface area contributed by atoms with E-state index in [1.165, 1.54) is 0 Å². The van der Waals surface area contributed by atoms with Gasteiger partial charge in [-0.15, -0.1) is 0 Å². The first-order valence-electron chi connectivity index (χ1n) is 3.01. The van der Waals surface area contributed by atoms with Crippen molar-refractivity contribution in [2.24, 2.45) is 0 Å². The molecule has 58 valence electrons. The van der Waals surface area contributed by atoms with Gasteiger partial charge in [0.05, 0.1) is 6.61 Å². The van der Waals surface area contributed by atoms with Crippen LogP contribution < -0.4 is 5.32 Å². The number of aliphatic hydroxyl groups is 1. The van der Waals surface area contributed by atoms with Crippen molar-refractivity contribution >= 4 is 0 Å². The van der Waals surface area contributed by atoms with E-state index >= 15 is 0 Å². The average molecular weight is 134 g/mol. The van der Waals surface area contributed by atoms with Crippen LogP contribution >= 0.6 is 0 Å².